The second-order valence-corrected chi connectivity index (χ2v) is 7.17. The van der Waals surface area contributed by atoms with Gasteiger partial charge in [0.2, 0.25) is 5.95 Å². The second-order valence-electron chi connectivity index (χ2n) is 6.78. The SMILES string of the molecule is COc1ccc(-c2nn3c(Cl)cccc3c2-c2ccnc(NC3CC3)n2)cc1. The van der Waals surface area contributed by atoms with Gasteiger partial charge in [0.25, 0.3) is 0 Å². The van der Waals surface area contributed by atoms with E-state index in [4.69, 9.17) is 26.4 Å². The largest absolute Gasteiger partial charge is 0.497 e. The number of benzene rings is 1. The van der Waals surface area contributed by atoms with Crippen molar-refractivity contribution in [1.82, 2.24) is 19.6 Å². The van der Waals surface area contributed by atoms with Crippen LogP contribution in [-0.4, -0.2) is 32.7 Å². The van der Waals surface area contributed by atoms with Crippen molar-refractivity contribution in [2.75, 3.05) is 12.4 Å². The van der Waals surface area contributed by atoms with Gasteiger partial charge >= 0.3 is 0 Å². The van der Waals surface area contributed by atoms with E-state index in [1.54, 1.807) is 17.8 Å². The molecular formula is C21H18ClN5O. The summed E-state index contributed by atoms with van der Waals surface area (Å²) in [4.78, 5) is 9.11. The number of ether oxygens (including phenoxy) is 1. The van der Waals surface area contributed by atoms with Gasteiger partial charge in [-0.3, -0.25) is 0 Å². The van der Waals surface area contributed by atoms with E-state index in [1.165, 1.54) is 0 Å². The fourth-order valence-corrected chi connectivity index (χ4v) is 3.42. The summed E-state index contributed by atoms with van der Waals surface area (Å²) < 4.78 is 7.02. The van der Waals surface area contributed by atoms with E-state index in [9.17, 15) is 0 Å². The second kappa shape index (κ2) is 6.80. The molecule has 0 spiro atoms. The van der Waals surface area contributed by atoms with Gasteiger partial charge in [-0.15, -0.1) is 0 Å². The molecule has 0 atom stereocenters. The molecule has 1 fully saturated rings. The molecule has 0 amide bonds. The van der Waals surface area contributed by atoms with Crippen LogP contribution in [0.25, 0.3) is 28.0 Å². The van der Waals surface area contributed by atoms with E-state index in [0.29, 0.717) is 17.1 Å². The highest BCUT2D eigenvalue weighted by molar-refractivity contribution is 6.29. The fraction of sp³-hybridized carbons (Fsp3) is 0.190. The van der Waals surface area contributed by atoms with Crippen LogP contribution >= 0.6 is 11.6 Å². The number of hydrogen-bond donors (Lipinski definition) is 1. The predicted molar refractivity (Wildman–Crippen MR) is 110 cm³/mol. The maximum absolute atomic E-state index is 6.41. The number of rotatable bonds is 5. The van der Waals surface area contributed by atoms with Gasteiger partial charge in [-0.25, -0.2) is 14.5 Å². The number of aromatic nitrogens is 4. The quantitative estimate of drug-likeness (QED) is 0.500. The first-order chi connectivity index (χ1) is 13.7. The van der Waals surface area contributed by atoms with Crippen molar-refractivity contribution in [1.29, 1.82) is 0 Å². The fourth-order valence-electron chi connectivity index (χ4n) is 3.22. The van der Waals surface area contributed by atoms with Gasteiger partial charge in [0, 0.05) is 17.8 Å². The number of methoxy groups -OCH3 is 1. The minimum Gasteiger partial charge on any atom is -0.497 e. The standard InChI is InChI=1S/C21H18ClN5O/c1-28-15-9-5-13(6-10-15)20-19(17-3-2-4-18(22)27(17)26-20)16-11-12-23-21(25-16)24-14-7-8-14/h2-6,9-12,14H,7-8H2,1H3,(H,23,24,25). The molecule has 3 aromatic heterocycles. The van der Waals surface area contributed by atoms with E-state index >= 15 is 0 Å². The molecule has 0 aliphatic heterocycles. The first-order valence-corrected chi connectivity index (χ1v) is 9.52. The maximum atomic E-state index is 6.41. The Bertz CT molecular complexity index is 1150. The molecule has 1 aliphatic carbocycles. The maximum Gasteiger partial charge on any atom is 0.223 e. The third-order valence-corrected chi connectivity index (χ3v) is 5.08. The van der Waals surface area contributed by atoms with Crippen molar-refractivity contribution < 1.29 is 4.74 Å². The van der Waals surface area contributed by atoms with Gasteiger partial charge in [0.1, 0.15) is 16.6 Å². The summed E-state index contributed by atoms with van der Waals surface area (Å²) in [6.07, 6.45) is 4.10. The van der Waals surface area contributed by atoms with Crippen LogP contribution in [0.15, 0.2) is 54.7 Å². The highest BCUT2D eigenvalue weighted by Crippen LogP contribution is 2.36. The van der Waals surface area contributed by atoms with Gasteiger partial charge in [-0.2, -0.15) is 5.10 Å². The number of pyridine rings is 1. The normalized spacial score (nSPS) is 13.6. The van der Waals surface area contributed by atoms with Crippen molar-refractivity contribution in [3.05, 3.63) is 59.9 Å². The Balaban J connectivity index is 1.70. The van der Waals surface area contributed by atoms with Crippen LogP contribution in [0.5, 0.6) is 5.75 Å². The molecule has 0 radical (unpaired) electrons. The van der Waals surface area contributed by atoms with Gasteiger partial charge in [0.15, 0.2) is 0 Å². The lowest BCUT2D eigenvalue weighted by Crippen LogP contribution is -2.05. The lowest BCUT2D eigenvalue weighted by molar-refractivity contribution is 0.415. The van der Waals surface area contributed by atoms with Gasteiger partial charge < -0.3 is 10.1 Å². The summed E-state index contributed by atoms with van der Waals surface area (Å²) in [6.45, 7) is 0. The average molecular weight is 392 g/mol. The molecule has 140 valence electrons. The molecule has 1 aromatic carbocycles. The zero-order chi connectivity index (χ0) is 19.1. The average Bonchev–Trinajstić information content (AvgIpc) is 3.45. The van der Waals surface area contributed by atoms with Crippen molar-refractivity contribution in [3.63, 3.8) is 0 Å². The molecule has 28 heavy (non-hydrogen) atoms. The highest BCUT2D eigenvalue weighted by Gasteiger charge is 2.23. The molecule has 0 bridgehead atoms. The summed E-state index contributed by atoms with van der Waals surface area (Å²) in [7, 11) is 1.65. The van der Waals surface area contributed by atoms with Crippen LogP contribution in [0, 0.1) is 0 Å². The first kappa shape index (κ1) is 17.0. The smallest absolute Gasteiger partial charge is 0.223 e. The molecule has 6 nitrogen and oxygen atoms in total. The molecule has 4 aromatic rings. The lowest BCUT2D eigenvalue weighted by Gasteiger charge is -2.07. The third-order valence-electron chi connectivity index (χ3n) is 4.80. The number of halogens is 1. The first-order valence-electron chi connectivity index (χ1n) is 9.14. The van der Waals surface area contributed by atoms with Gasteiger partial charge in [-0.05, 0) is 55.3 Å². The van der Waals surface area contributed by atoms with Crippen LogP contribution in [0.1, 0.15) is 12.8 Å². The zero-order valence-electron chi connectivity index (χ0n) is 15.3. The minimum atomic E-state index is 0.481. The molecule has 0 saturated heterocycles. The molecule has 1 saturated carbocycles. The topological polar surface area (TPSA) is 64.3 Å². The van der Waals surface area contributed by atoms with E-state index < -0.39 is 0 Å². The number of nitrogens with zero attached hydrogens (tertiary/aromatic N) is 4. The molecule has 1 N–H and O–H groups in total. The van der Waals surface area contributed by atoms with Crippen molar-refractivity contribution in [2.24, 2.45) is 0 Å². The van der Waals surface area contributed by atoms with Crippen LogP contribution < -0.4 is 10.1 Å². The third kappa shape index (κ3) is 3.05. The van der Waals surface area contributed by atoms with Crippen LogP contribution in [0.3, 0.4) is 0 Å². The van der Waals surface area contributed by atoms with Crippen molar-refractivity contribution in [2.45, 2.75) is 18.9 Å². The Labute approximate surface area is 167 Å². The summed E-state index contributed by atoms with van der Waals surface area (Å²) in [5.74, 6) is 1.44. The lowest BCUT2D eigenvalue weighted by atomic mass is 10.0. The van der Waals surface area contributed by atoms with E-state index in [0.717, 1.165) is 46.6 Å². The summed E-state index contributed by atoms with van der Waals surface area (Å²) in [6, 6.07) is 15.9. The number of hydrogen-bond acceptors (Lipinski definition) is 5. The van der Waals surface area contributed by atoms with Crippen molar-refractivity contribution >= 4 is 23.1 Å². The van der Waals surface area contributed by atoms with Crippen LogP contribution in [0.2, 0.25) is 5.15 Å². The van der Waals surface area contributed by atoms with E-state index in [1.807, 2.05) is 48.5 Å². The number of nitrogens with one attached hydrogen (secondary N) is 1. The van der Waals surface area contributed by atoms with Gasteiger partial charge in [-0.1, -0.05) is 17.7 Å². The molecule has 3 heterocycles. The summed E-state index contributed by atoms with van der Waals surface area (Å²) in [5.41, 5.74) is 4.40. The van der Waals surface area contributed by atoms with E-state index in [2.05, 4.69) is 10.3 Å². The Morgan fingerprint density at radius 2 is 1.93 bits per heavy atom. The monoisotopic (exact) mass is 391 g/mol. The van der Waals surface area contributed by atoms with Gasteiger partial charge in [0.05, 0.1) is 23.9 Å². The molecule has 1 aliphatic rings. The van der Waals surface area contributed by atoms with Crippen LogP contribution in [0.4, 0.5) is 5.95 Å². The van der Waals surface area contributed by atoms with Crippen molar-refractivity contribution in [3.8, 4) is 28.3 Å². The molecular weight excluding hydrogens is 374 g/mol. The Kier molecular flexibility index (Phi) is 4.13. The Morgan fingerprint density at radius 1 is 1.11 bits per heavy atom. The van der Waals surface area contributed by atoms with Crippen LogP contribution in [-0.2, 0) is 0 Å². The Morgan fingerprint density at radius 3 is 2.68 bits per heavy atom. The summed E-state index contributed by atoms with van der Waals surface area (Å²) >= 11 is 6.41. The predicted octanol–water partition coefficient (Wildman–Crippen LogP) is 4.69. The number of fused-ring (bicyclic) bond motifs is 1. The highest BCUT2D eigenvalue weighted by atomic mass is 35.5. The number of anilines is 1. The Hall–Kier alpha value is -3.12. The summed E-state index contributed by atoms with van der Waals surface area (Å²) in [5, 5.41) is 8.69. The molecule has 5 rings (SSSR count). The van der Waals surface area contributed by atoms with E-state index in [-0.39, 0.29) is 0 Å². The minimum absolute atomic E-state index is 0.481. The zero-order valence-corrected chi connectivity index (χ0v) is 16.0. The molecule has 7 heteroatoms. The molecule has 0 unspecified atom stereocenters.